The maximum atomic E-state index is 12.1. The molecule has 1 saturated heterocycles. The summed E-state index contributed by atoms with van der Waals surface area (Å²) in [5, 5.41) is 0. The molecule has 1 fully saturated rings. The fraction of sp³-hybridized carbons (Fsp3) is 0.529. The van der Waals surface area contributed by atoms with Gasteiger partial charge in [0.25, 0.3) is 0 Å². The third kappa shape index (κ3) is 4.07. The number of hydrogen-bond donors (Lipinski definition) is 0. The first-order valence-corrected chi connectivity index (χ1v) is 7.48. The van der Waals surface area contributed by atoms with Crippen LogP contribution in [0.25, 0.3) is 0 Å². The fourth-order valence-electron chi connectivity index (χ4n) is 2.39. The highest BCUT2D eigenvalue weighted by atomic mass is 16.6. The summed E-state index contributed by atoms with van der Waals surface area (Å²) in [4.78, 5) is 25.4. The molecule has 22 heavy (non-hydrogen) atoms. The third-order valence-electron chi connectivity index (χ3n) is 3.49. The van der Waals surface area contributed by atoms with Gasteiger partial charge in [-0.3, -0.25) is 4.79 Å². The number of carbonyl (C=O) groups is 2. The van der Waals surface area contributed by atoms with Crippen molar-refractivity contribution in [2.24, 2.45) is 0 Å². The summed E-state index contributed by atoms with van der Waals surface area (Å²) in [6.45, 7) is 7.56. The van der Waals surface area contributed by atoms with E-state index in [0.29, 0.717) is 6.61 Å². The summed E-state index contributed by atoms with van der Waals surface area (Å²) in [6.07, 6.45) is -0.705. The molecule has 0 saturated carbocycles. The SMILES string of the molecule is C[C@@H]1[C@@H](OCc2ccccc2)CC(=O)N1C(=O)OC(C)(C)C. The smallest absolute Gasteiger partial charge is 0.417 e. The van der Waals surface area contributed by atoms with Gasteiger partial charge in [-0.25, -0.2) is 9.69 Å². The number of hydrogen-bond acceptors (Lipinski definition) is 4. The van der Waals surface area contributed by atoms with Gasteiger partial charge < -0.3 is 9.47 Å². The van der Waals surface area contributed by atoms with Crippen LogP contribution in [-0.2, 0) is 20.9 Å². The number of benzene rings is 1. The predicted molar refractivity (Wildman–Crippen MR) is 82.2 cm³/mol. The van der Waals surface area contributed by atoms with Crippen molar-refractivity contribution in [3.63, 3.8) is 0 Å². The number of nitrogens with zero attached hydrogens (tertiary/aromatic N) is 1. The van der Waals surface area contributed by atoms with Crippen molar-refractivity contribution in [1.29, 1.82) is 0 Å². The molecular weight excluding hydrogens is 282 g/mol. The number of amides is 2. The van der Waals surface area contributed by atoms with E-state index in [4.69, 9.17) is 9.47 Å². The molecule has 1 aromatic rings. The van der Waals surface area contributed by atoms with Gasteiger partial charge in [0.2, 0.25) is 5.91 Å². The van der Waals surface area contributed by atoms with Gasteiger partial charge in [0.05, 0.1) is 25.2 Å². The second kappa shape index (κ2) is 6.48. The van der Waals surface area contributed by atoms with E-state index in [2.05, 4.69) is 0 Å². The Morgan fingerprint density at radius 3 is 2.50 bits per heavy atom. The topological polar surface area (TPSA) is 55.8 Å². The third-order valence-corrected chi connectivity index (χ3v) is 3.49. The predicted octanol–water partition coefficient (Wildman–Crippen LogP) is 3.13. The molecule has 2 rings (SSSR count). The van der Waals surface area contributed by atoms with Crippen molar-refractivity contribution < 1.29 is 19.1 Å². The lowest BCUT2D eigenvalue weighted by molar-refractivity contribution is -0.127. The molecule has 0 N–H and O–H groups in total. The van der Waals surface area contributed by atoms with Crippen molar-refractivity contribution in [2.75, 3.05) is 0 Å². The zero-order chi connectivity index (χ0) is 16.3. The summed E-state index contributed by atoms with van der Waals surface area (Å²) in [7, 11) is 0. The van der Waals surface area contributed by atoms with Crippen molar-refractivity contribution in [2.45, 2.75) is 58.5 Å². The highest BCUT2D eigenvalue weighted by Gasteiger charge is 2.43. The number of rotatable bonds is 3. The summed E-state index contributed by atoms with van der Waals surface area (Å²) < 4.78 is 11.1. The van der Waals surface area contributed by atoms with Crippen LogP contribution in [0, 0.1) is 0 Å². The van der Waals surface area contributed by atoms with Crippen LogP contribution in [0.4, 0.5) is 4.79 Å². The maximum Gasteiger partial charge on any atom is 0.417 e. The highest BCUT2D eigenvalue weighted by Crippen LogP contribution is 2.25. The van der Waals surface area contributed by atoms with Crippen LogP contribution in [0.2, 0.25) is 0 Å². The zero-order valence-electron chi connectivity index (χ0n) is 13.5. The van der Waals surface area contributed by atoms with Gasteiger partial charge in [0, 0.05) is 0 Å². The molecule has 120 valence electrons. The average Bonchev–Trinajstić information content (AvgIpc) is 2.70. The van der Waals surface area contributed by atoms with E-state index >= 15 is 0 Å². The molecular formula is C17H23NO4. The Kier molecular flexibility index (Phi) is 4.86. The minimum Gasteiger partial charge on any atom is -0.443 e. The highest BCUT2D eigenvalue weighted by molar-refractivity contribution is 5.94. The van der Waals surface area contributed by atoms with Crippen LogP contribution in [0.1, 0.15) is 39.7 Å². The summed E-state index contributed by atoms with van der Waals surface area (Å²) in [5.41, 5.74) is 0.415. The van der Waals surface area contributed by atoms with Gasteiger partial charge >= 0.3 is 6.09 Å². The van der Waals surface area contributed by atoms with E-state index in [9.17, 15) is 9.59 Å². The van der Waals surface area contributed by atoms with E-state index in [-0.39, 0.29) is 24.5 Å². The quantitative estimate of drug-likeness (QED) is 0.861. The fourth-order valence-corrected chi connectivity index (χ4v) is 2.39. The van der Waals surface area contributed by atoms with Gasteiger partial charge in [0.1, 0.15) is 5.60 Å². The first-order valence-electron chi connectivity index (χ1n) is 7.48. The lowest BCUT2D eigenvalue weighted by Gasteiger charge is -2.27. The first kappa shape index (κ1) is 16.5. The van der Waals surface area contributed by atoms with E-state index in [0.717, 1.165) is 5.56 Å². The molecule has 0 unspecified atom stereocenters. The maximum absolute atomic E-state index is 12.1. The van der Waals surface area contributed by atoms with Gasteiger partial charge in [-0.1, -0.05) is 30.3 Å². The summed E-state index contributed by atoms with van der Waals surface area (Å²) in [5.74, 6) is -0.250. The lowest BCUT2D eigenvalue weighted by atomic mass is 10.2. The zero-order valence-corrected chi connectivity index (χ0v) is 13.5. The minimum atomic E-state index is -0.625. The Morgan fingerprint density at radius 2 is 1.91 bits per heavy atom. The largest absolute Gasteiger partial charge is 0.443 e. The molecule has 0 radical (unpaired) electrons. The lowest BCUT2D eigenvalue weighted by Crippen LogP contribution is -2.43. The van der Waals surface area contributed by atoms with Crippen LogP contribution in [0.5, 0.6) is 0 Å². The molecule has 0 aromatic heterocycles. The molecule has 0 aliphatic carbocycles. The Balaban J connectivity index is 1.96. The van der Waals surface area contributed by atoms with Gasteiger partial charge in [-0.05, 0) is 33.3 Å². The molecule has 0 bridgehead atoms. The second-order valence-corrected chi connectivity index (χ2v) is 6.52. The first-order chi connectivity index (χ1) is 10.3. The van der Waals surface area contributed by atoms with Crippen molar-refractivity contribution in [3.05, 3.63) is 35.9 Å². The van der Waals surface area contributed by atoms with E-state index < -0.39 is 11.7 Å². The minimum absolute atomic E-state index is 0.202. The van der Waals surface area contributed by atoms with Gasteiger partial charge in [-0.15, -0.1) is 0 Å². The van der Waals surface area contributed by atoms with Gasteiger partial charge in [0.15, 0.2) is 0 Å². The summed E-state index contributed by atoms with van der Waals surface area (Å²) in [6, 6.07) is 9.42. The Labute approximate surface area is 131 Å². The summed E-state index contributed by atoms with van der Waals surface area (Å²) >= 11 is 0. The molecule has 1 aliphatic heterocycles. The molecule has 1 heterocycles. The number of carbonyl (C=O) groups excluding carboxylic acids is 2. The second-order valence-electron chi connectivity index (χ2n) is 6.52. The van der Waals surface area contributed by atoms with Crippen LogP contribution in [0.15, 0.2) is 30.3 Å². The average molecular weight is 305 g/mol. The van der Waals surface area contributed by atoms with Crippen LogP contribution < -0.4 is 0 Å². The number of ether oxygens (including phenoxy) is 2. The van der Waals surface area contributed by atoms with E-state index in [1.54, 1.807) is 20.8 Å². The molecule has 1 aromatic carbocycles. The Hall–Kier alpha value is -1.88. The van der Waals surface area contributed by atoms with Gasteiger partial charge in [-0.2, -0.15) is 0 Å². The molecule has 0 spiro atoms. The number of imide groups is 1. The standard InChI is InChI=1S/C17H23NO4/c1-12-14(21-11-13-8-6-5-7-9-13)10-15(19)18(12)16(20)22-17(2,3)4/h5-9,12,14H,10-11H2,1-4H3/t12-,14+/m1/s1. The number of likely N-dealkylation sites (tertiary alicyclic amines) is 1. The van der Waals surface area contributed by atoms with E-state index in [1.807, 2.05) is 37.3 Å². The van der Waals surface area contributed by atoms with Crippen molar-refractivity contribution >= 4 is 12.0 Å². The monoisotopic (exact) mass is 305 g/mol. The Bertz CT molecular complexity index is 535. The van der Waals surface area contributed by atoms with Crippen LogP contribution in [-0.4, -0.2) is 34.6 Å². The molecule has 2 atom stereocenters. The molecule has 5 heteroatoms. The van der Waals surface area contributed by atoms with Crippen molar-refractivity contribution in [3.8, 4) is 0 Å². The molecule has 5 nitrogen and oxygen atoms in total. The van der Waals surface area contributed by atoms with E-state index in [1.165, 1.54) is 4.90 Å². The molecule has 1 aliphatic rings. The Morgan fingerprint density at radius 1 is 1.27 bits per heavy atom. The normalized spacial score (nSPS) is 22.0. The van der Waals surface area contributed by atoms with Crippen LogP contribution >= 0.6 is 0 Å². The van der Waals surface area contributed by atoms with Crippen molar-refractivity contribution in [1.82, 2.24) is 4.90 Å². The van der Waals surface area contributed by atoms with Crippen LogP contribution in [0.3, 0.4) is 0 Å². The molecule has 2 amide bonds.